The zero-order valence-corrected chi connectivity index (χ0v) is 9.89. The van der Waals surface area contributed by atoms with Crippen LogP contribution in [0.5, 0.6) is 0 Å². The summed E-state index contributed by atoms with van der Waals surface area (Å²) in [4.78, 5) is 0. The number of unbranched alkanes of at least 4 members (excludes halogenated alkanes) is 1. The second-order valence-electron chi connectivity index (χ2n) is 4.37. The Morgan fingerprint density at radius 1 is 1.60 bits per heavy atom. The Hall–Kier alpha value is -0.530. The van der Waals surface area contributed by atoms with Crippen molar-refractivity contribution in [3.63, 3.8) is 0 Å². The number of sulfone groups is 1. The van der Waals surface area contributed by atoms with Gasteiger partial charge in [0, 0.05) is 12.7 Å². The van der Waals surface area contributed by atoms with Crippen molar-refractivity contribution in [2.75, 3.05) is 6.26 Å². The fourth-order valence-electron chi connectivity index (χ4n) is 2.42. The van der Waals surface area contributed by atoms with Crippen LogP contribution in [0.25, 0.3) is 0 Å². The monoisotopic (exact) mass is 230 g/mol. The third kappa shape index (κ3) is 2.96. The lowest BCUT2D eigenvalue weighted by molar-refractivity contribution is 0.0403. The first-order valence-corrected chi connectivity index (χ1v) is 7.20. The highest BCUT2D eigenvalue weighted by atomic mass is 32.2. The maximum absolute atomic E-state index is 11.5. The van der Waals surface area contributed by atoms with Crippen LogP contribution in [0.4, 0.5) is 0 Å². The van der Waals surface area contributed by atoms with Gasteiger partial charge in [-0.3, -0.25) is 0 Å². The third-order valence-corrected chi connectivity index (χ3v) is 4.83. The van der Waals surface area contributed by atoms with Crippen molar-refractivity contribution >= 4 is 9.84 Å². The van der Waals surface area contributed by atoms with E-state index in [0.29, 0.717) is 32.1 Å². The van der Waals surface area contributed by atoms with E-state index in [1.165, 1.54) is 6.26 Å². The Morgan fingerprint density at radius 2 is 2.27 bits per heavy atom. The average molecular weight is 230 g/mol. The van der Waals surface area contributed by atoms with E-state index < -0.39 is 20.7 Å². The molecule has 0 spiro atoms. The number of aliphatic hydroxyl groups is 1. The predicted octanol–water partition coefficient (Wildman–Crippen LogP) is 1.12. The van der Waals surface area contributed by atoms with Gasteiger partial charge in [-0.25, -0.2) is 8.42 Å². The molecule has 0 bridgehead atoms. The summed E-state index contributed by atoms with van der Waals surface area (Å²) in [6.07, 6.45) is 10.1. The molecule has 1 aliphatic carbocycles. The molecule has 1 saturated carbocycles. The standard InChI is InChI=1S/C11H18O3S/c1-3-4-5-8-11(12)9-6-7-10(11)15(2,13)14/h1,10,12H,4-9H2,2H3. The molecule has 0 heterocycles. The molecule has 0 aromatic carbocycles. The summed E-state index contributed by atoms with van der Waals surface area (Å²) < 4.78 is 23.0. The third-order valence-electron chi connectivity index (χ3n) is 3.12. The van der Waals surface area contributed by atoms with Gasteiger partial charge in [0.1, 0.15) is 0 Å². The molecule has 4 heteroatoms. The Balaban J connectivity index is 2.70. The number of hydrogen-bond donors (Lipinski definition) is 1. The molecule has 1 fully saturated rings. The molecule has 1 aliphatic rings. The lowest BCUT2D eigenvalue weighted by Gasteiger charge is -2.28. The minimum atomic E-state index is -3.15. The lowest BCUT2D eigenvalue weighted by atomic mass is 9.95. The summed E-state index contributed by atoms with van der Waals surface area (Å²) in [5, 5.41) is 9.67. The van der Waals surface area contributed by atoms with Gasteiger partial charge in [0.15, 0.2) is 9.84 Å². The molecule has 0 radical (unpaired) electrons. The van der Waals surface area contributed by atoms with Gasteiger partial charge in [-0.05, 0) is 32.1 Å². The molecule has 1 rings (SSSR count). The zero-order valence-electron chi connectivity index (χ0n) is 9.07. The summed E-state index contributed by atoms with van der Waals surface area (Å²) in [7, 11) is -3.15. The van der Waals surface area contributed by atoms with Crippen molar-refractivity contribution in [2.24, 2.45) is 0 Å². The minimum Gasteiger partial charge on any atom is -0.389 e. The second-order valence-corrected chi connectivity index (χ2v) is 6.60. The Kier molecular flexibility index (Phi) is 3.80. The number of terminal acetylenes is 1. The molecule has 0 saturated heterocycles. The second kappa shape index (κ2) is 4.54. The maximum Gasteiger partial charge on any atom is 0.153 e. The van der Waals surface area contributed by atoms with Gasteiger partial charge in [-0.15, -0.1) is 12.3 Å². The van der Waals surface area contributed by atoms with Crippen LogP contribution < -0.4 is 0 Å². The van der Waals surface area contributed by atoms with Gasteiger partial charge in [-0.2, -0.15) is 0 Å². The van der Waals surface area contributed by atoms with Gasteiger partial charge < -0.3 is 5.11 Å². The molecule has 0 aromatic heterocycles. The molecule has 2 atom stereocenters. The molecule has 3 nitrogen and oxygen atoms in total. The summed E-state index contributed by atoms with van der Waals surface area (Å²) >= 11 is 0. The van der Waals surface area contributed by atoms with E-state index in [-0.39, 0.29) is 0 Å². The van der Waals surface area contributed by atoms with Crippen LogP contribution in [0.3, 0.4) is 0 Å². The molecule has 0 aliphatic heterocycles. The Labute approximate surface area is 91.8 Å². The van der Waals surface area contributed by atoms with Crippen LogP contribution in [0.2, 0.25) is 0 Å². The van der Waals surface area contributed by atoms with Crippen LogP contribution >= 0.6 is 0 Å². The first-order chi connectivity index (χ1) is 6.90. The predicted molar refractivity (Wildman–Crippen MR) is 60.1 cm³/mol. The Bertz CT molecular complexity index is 353. The van der Waals surface area contributed by atoms with Crippen molar-refractivity contribution in [3.8, 4) is 12.3 Å². The van der Waals surface area contributed by atoms with Crippen LogP contribution in [-0.2, 0) is 9.84 Å². The van der Waals surface area contributed by atoms with E-state index in [1.807, 2.05) is 0 Å². The van der Waals surface area contributed by atoms with Crippen LogP contribution in [0.15, 0.2) is 0 Å². The summed E-state index contributed by atoms with van der Waals surface area (Å²) in [5.74, 6) is 2.50. The molecular weight excluding hydrogens is 212 g/mol. The van der Waals surface area contributed by atoms with E-state index in [9.17, 15) is 13.5 Å². The first-order valence-electron chi connectivity index (χ1n) is 5.25. The molecule has 15 heavy (non-hydrogen) atoms. The normalized spacial score (nSPS) is 31.4. The Morgan fingerprint density at radius 3 is 2.80 bits per heavy atom. The highest BCUT2D eigenvalue weighted by Crippen LogP contribution is 2.38. The van der Waals surface area contributed by atoms with Crippen LogP contribution in [0, 0.1) is 12.3 Å². The quantitative estimate of drug-likeness (QED) is 0.581. The lowest BCUT2D eigenvalue weighted by Crippen LogP contribution is -2.42. The SMILES string of the molecule is C#CCCCC1(O)CCCC1S(C)(=O)=O. The van der Waals surface area contributed by atoms with E-state index in [1.54, 1.807) is 0 Å². The largest absolute Gasteiger partial charge is 0.389 e. The zero-order chi connectivity index (χ0) is 11.5. The van der Waals surface area contributed by atoms with Gasteiger partial charge >= 0.3 is 0 Å². The average Bonchev–Trinajstić information content (AvgIpc) is 2.47. The van der Waals surface area contributed by atoms with E-state index in [2.05, 4.69) is 5.92 Å². The fraction of sp³-hybridized carbons (Fsp3) is 0.818. The van der Waals surface area contributed by atoms with Crippen molar-refractivity contribution in [1.82, 2.24) is 0 Å². The number of hydrogen-bond acceptors (Lipinski definition) is 3. The first kappa shape index (κ1) is 12.5. The highest BCUT2D eigenvalue weighted by molar-refractivity contribution is 7.91. The van der Waals surface area contributed by atoms with Crippen LogP contribution in [0.1, 0.15) is 38.5 Å². The molecule has 2 unspecified atom stereocenters. The molecule has 0 amide bonds. The molecule has 1 N–H and O–H groups in total. The van der Waals surface area contributed by atoms with Gasteiger partial charge in [0.2, 0.25) is 0 Å². The van der Waals surface area contributed by atoms with E-state index >= 15 is 0 Å². The topological polar surface area (TPSA) is 54.4 Å². The van der Waals surface area contributed by atoms with Crippen LogP contribution in [-0.4, -0.2) is 30.6 Å². The maximum atomic E-state index is 11.5. The molecular formula is C11H18O3S. The van der Waals surface area contributed by atoms with Crippen molar-refractivity contribution in [2.45, 2.75) is 49.4 Å². The molecule has 86 valence electrons. The summed E-state index contributed by atoms with van der Waals surface area (Å²) in [5.41, 5.74) is -1.04. The van der Waals surface area contributed by atoms with Gasteiger partial charge in [0.25, 0.3) is 0 Å². The summed E-state index contributed by atoms with van der Waals surface area (Å²) in [6.45, 7) is 0. The summed E-state index contributed by atoms with van der Waals surface area (Å²) in [6, 6.07) is 0. The van der Waals surface area contributed by atoms with Crippen molar-refractivity contribution in [3.05, 3.63) is 0 Å². The fourth-order valence-corrected chi connectivity index (χ4v) is 4.05. The minimum absolute atomic E-state index is 0.495. The van der Waals surface area contributed by atoms with E-state index in [4.69, 9.17) is 6.42 Å². The van der Waals surface area contributed by atoms with Crippen molar-refractivity contribution < 1.29 is 13.5 Å². The van der Waals surface area contributed by atoms with E-state index in [0.717, 1.165) is 6.42 Å². The van der Waals surface area contributed by atoms with Crippen molar-refractivity contribution in [1.29, 1.82) is 0 Å². The van der Waals surface area contributed by atoms with Gasteiger partial charge in [0.05, 0.1) is 10.9 Å². The molecule has 0 aromatic rings. The number of rotatable bonds is 4. The smallest absolute Gasteiger partial charge is 0.153 e. The van der Waals surface area contributed by atoms with Gasteiger partial charge in [-0.1, -0.05) is 0 Å². The highest BCUT2D eigenvalue weighted by Gasteiger charge is 2.45.